The molecule has 1 N–H and O–H groups in total. The molecule has 106 valence electrons. The Hall–Kier alpha value is -1.80. The zero-order valence-electron chi connectivity index (χ0n) is 12.0. The fourth-order valence-corrected chi connectivity index (χ4v) is 2.20. The van der Waals surface area contributed by atoms with Gasteiger partial charge in [-0.05, 0) is 36.5 Å². The molecule has 0 radical (unpaired) electrons. The maximum Gasteiger partial charge on any atom is 0.122 e. The molecular formula is C18H22O2. The van der Waals surface area contributed by atoms with Gasteiger partial charge in [0, 0.05) is 0 Å². The second-order valence-electron chi connectivity index (χ2n) is 4.92. The minimum atomic E-state index is -0.421. The number of benzene rings is 2. The van der Waals surface area contributed by atoms with Crippen LogP contribution in [0.2, 0.25) is 0 Å². The van der Waals surface area contributed by atoms with Crippen molar-refractivity contribution < 1.29 is 9.84 Å². The van der Waals surface area contributed by atoms with Crippen LogP contribution in [0.25, 0.3) is 0 Å². The second kappa shape index (κ2) is 7.71. The molecule has 0 fully saturated rings. The molecule has 2 aromatic rings. The molecule has 0 aliphatic heterocycles. The Morgan fingerprint density at radius 1 is 1.00 bits per heavy atom. The summed E-state index contributed by atoms with van der Waals surface area (Å²) in [6, 6.07) is 17.9. The molecule has 1 atom stereocenters. The molecule has 2 nitrogen and oxygen atoms in total. The molecule has 0 saturated carbocycles. The maximum absolute atomic E-state index is 10.2. The molecular weight excluding hydrogens is 248 g/mol. The monoisotopic (exact) mass is 270 g/mol. The average Bonchev–Trinajstić information content (AvgIpc) is 2.52. The first-order valence-electron chi connectivity index (χ1n) is 7.25. The Kier molecular flexibility index (Phi) is 5.63. The minimum absolute atomic E-state index is 0.421. The van der Waals surface area contributed by atoms with E-state index in [-0.39, 0.29) is 0 Å². The van der Waals surface area contributed by atoms with Crippen molar-refractivity contribution in [2.75, 3.05) is 6.61 Å². The van der Waals surface area contributed by atoms with Gasteiger partial charge in [0.15, 0.2) is 0 Å². The molecule has 0 saturated heterocycles. The first kappa shape index (κ1) is 14.6. The zero-order chi connectivity index (χ0) is 14.2. The first-order valence-corrected chi connectivity index (χ1v) is 7.25. The maximum atomic E-state index is 10.2. The van der Waals surface area contributed by atoms with Crippen molar-refractivity contribution >= 4 is 0 Å². The van der Waals surface area contributed by atoms with E-state index >= 15 is 0 Å². The lowest BCUT2D eigenvalue weighted by atomic mass is 10.0. The third-order valence-corrected chi connectivity index (χ3v) is 3.31. The van der Waals surface area contributed by atoms with E-state index in [1.807, 2.05) is 48.5 Å². The number of aliphatic hydroxyl groups is 1. The van der Waals surface area contributed by atoms with E-state index in [1.54, 1.807) is 0 Å². The van der Waals surface area contributed by atoms with Crippen LogP contribution >= 0.6 is 0 Å². The van der Waals surface area contributed by atoms with E-state index in [9.17, 15) is 5.11 Å². The predicted octanol–water partition coefficient (Wildman–Crippen LogP) is 4.14. The summed E-state index contributed by atoms with van der Waals surface area (Å²) in [7, 11) is 0. The number of hydrogen-bond donors (Lipinski definition) is 1. The van der Waals surface area contributed by atoms with Crippen LogP contribution in [0.3, 0.4) is 0 Å². The van der Waals surface area contributed by atoms with Gasteiger partial charge in [-0.25, -0.2) is 0 Å². The van der Waals surface area contributed by atoms with E-state index < -0.39 is 6.10 Å². The summed E-state index contributed by atoms with van der Waals surface area (Å²) < 4.78 is 5.74. The largest absolute Gasteiger partial charge is 0.493 e. The van der Waals surface area contributed by atoms with E-state index in [0.29, 0.717) is 6.42 Å². The Labute approximate surface area is 121 Å². The van der Waals surface area contributed by atoms with Gasteiger partial charge in [0.25, 0.3) is 0 Å². The Morgan fingerprint density at radius 3 is 2.45 bits per heavy atom. The van der Waals surface area contributed by atoms with Crippen LogP contribution in [0.5, 0.6) is 5.75 Å². The van der Waals surface area contributed by atoms with Crippen molar-refractivity contribution in [1.29, 1.82) is 0 Å². The summed E-state index contributed by atoms with van der Waals surface area (Å²) in [5.41, 5.74) is 2.13. The summed E-state index contributed by atoms with van der Waals surface area (Å²) in [5, 5.41) is 10.2. The van der Waals surface area contributed by atoms with Crippen LogP contribution in [0.4, 0.5) is 0 Å². The van der Waals surface area contributed by atoms with E-state index in [2.05, 4.69) is 13.0 Å². The van der Waals surface area contributed by atoms with Gasteiger partial charge in [0.05, 0.1) is 12.7 Å². The van der Waals surface area contributed by atoms with Crippen molar-refractivity contribution in [1.82, 2.24) is 0 Å². The third kappa shape index (κ3) is 4.10. The van der Waals surface area contributed by atoms with Gasteiger partial charge >= 0.3 is 0 Å². The summed E-state index contributed by atoms with van der Waals surface area (Å²) in [6.07, 6.45) is 2.10. The Balaban J connectivity index is 1.96. The standard InChI is InChI=1S/C18H22O2/c1-2-14-20-18-11-7-6-10-16(18)12-13-17(19)15-8-4-3-5-9-15/h3-11,17,19H,2,12-14H2,1H3. The van der Waals surface area contributed by atoms with Crippen LogP contribution in [-0.2, 0) is 6.42 Å². The fraction of sp³-hybridized carbons (Fsp3) is 0.333. The number of aryl methyl sites for hydroxylation is 1. The second-order valence-corrected chi connectivity index (χ2v) is 4.92. The normalized spacial score (nSPS) is 12.1. The molecule has 1 unspecified atom stereocenters. The molecule has 2 heteroatoms. The first-order chi connectivity index (χ1) is 9.81. The molecule has 0 aliphatic carbocycles. The van der Waals surface area contributed by atoms with Crippen LogP contribution in [0.1, 0.15) is 37.0 Å². The van der Waals surface area contributed by atoms with Gasteiger partial charge < -0.3 is 9.84 Å². The van der Waals surface area contributed by atoms with E-state index in [4.69, 9.17) is 4.74 Å². The third-order valence-electron chi connectivity index (χ3n) is 3.31. The Bertz CT molecular complexity index is 508. The lowest BCUT2D eigenvalue weighted by Crippen LogP contribution is -2.02. The van der Waals surface area contributed by atoms with E-state index in [1.165, 1.54) is 0 Å². The number of rotatable bonds is 7. The minimum Gasteiger partial charge on any atom is -0.493 e. The molecule has 0 spiro atoms. The van der Waals surface area contributed by atoms with Crippen molar-refractivity contribution in [3.05, 3.63) is 65.7 Å². The molecule has 0 heterocycles. The number of aliphatic hydroxyl groups excluding tert-OH is 1. The van der Waals surface area contributed by atoms with Gasteiger partial charge in [-0.2, -0.15) is 0 Å². The van der Waals surface area contributed by atoms with Crippen LogP contribution in [-0.4, -0.2) is 11.7 Å². The highest BCUT2D eigenvalue weighted by molar-refractivity contribution is 5.33. The van der Waals surface area contributed by atoms with Gasteiger partial charge in [-0.3, -0.25) is 0 Å². The lowest BCUT2D eigenvalue weighted by Gasteiger charge is -2.13. The number of ether oxygens (including phenoxy) is 1. The summed E-state index contributed by atoms with van der Waals surface area (Å²) in [4.78, 5) is 0. The summed E-state index contributed by atoms with van der Waals surface area (Å²) in [6.45, 7) is 2.83. The van der Waals surface area contributed by atoms with Crippen molar-refractivity contribution in [2.24, 2.45) is 0 Å². The molecule has 0 amide bonds. The molecule has 2 rings (SSSR count). The average molecular weight is 270 g/mol. The number of para-hydroxylation sites is 1. The molecule has 0 bridgehead atoms. The van der Waals surface area contributed by atoms with Gasteiger partial charge in [-0.1, -0.05) is 55.5 Å². The van der Waals surface area contributed by atoms with Crippen LogP contribution in [0.15, 0.2) is 54.6 Å². The quantitative estimate of drug-likeness (QED) is 0.819. The molecule has 0 aliphatic rings. The zero-order valence-corrected chi connectivity index (χ0v) is 12.0. The van der Waals surface area contributed by atoms with Crippen LogP contribution in [0, 0.1) is 0 Å². The van der Waals surface area contributed by atoms with Gasteiger partial charge in [0.1, 0.15) is 5.75 Å². The lowest BCUT2D eigenvalue weighted by molar-refractivity contribution is 0.167. The SMILES string of the molecule is CCCOc1ccccc1CCC(O)c1ccccc1. The fourth-order valence-electron chi connectivity index (χ4n) is 2.20. The Morgan fingerprint density at radius 2 is 1.70 bits per heavy atom. The van der Waals surface area contributed by atoms with Crippen molar-refractivity contribution in [3.8, 4) is 5.75 Å². The van der Waals surface area contributed by atoms with Crippen molar-refractivity contribution in [3.63, 3.8) is 0 Å². The highest BCUT2D eigenvalue weighted by atomic mass is 16.5. The topological polar surface area (TPSA) is 29.5 Å². The van der Waals surface area contributed by atoms with E-state index in [0.717, 1.165) is 36.3 Å². The predicted molar refractivity (Wildman–Crippen MR) is 82.0 cm³/mol. The van der Waals surface area contributed by atoms with Crippen molar-refractivity contribution in [2.45, 2.75) is 32.3 Å². The molecule has 20 heavy (non-hydrogen) atoms. The molecule has 0 aromatic heterocycles. The summed E-state index contributed by atoms with van der Waals surface area (Å²) in [5.74, 6) is 0.939. The highest BCUT2D eigenvalue weighted by Gasteiger charge is 2.09. The van der Waals surface area contributed by atoms with Gasteiger partial charge in [0.2, 0.25) is 0 Å². The number of hydrogen-bond acceptors (Lipinski definition) is 2. The highest BCUT2D eigenvalue weighted by Crippen LogP contribution is 2.24. The van der Waals surface area contributed by atoms with Gasteiger partial charge in [-0.15, -0.1) is 0 Å². The summed E-state index contributed by atoms with van der Waals surface area (Å²) >= 11 is 0. The smallest absolute Gasteiger partial charge is 0.122 e. The van der Waals surface area contributed by atoms with Crippen LogP contribution < -0.4 is 4.74 Å². The molecule has 2 aromatic carbocycles.